The largest absolute Gasteiger partial charge is 0.300 e. The van der Waals surface area contributed by atoms with Crippen LogP contribution in [0.4, 0.5) is 5.13 Å². The molecule has 29 heavy (non-hydrogen) atoms. The summed E-state index contributed by atoms with van der Waals surface area (Å²) >= 11 is 1.31. The standard InChI is InChI=1S/C19H20N4O4S2/c1-13-12-28-19(20-13)21-17(24)11-23-16-6-5-15(10-14(16)4-7-18(23)25)29(26,27)22-8-2-3-9-22/h4-7,10,12H,2-3,8-9,11H2,1H3,(H,20,21,24). The molecule has 3 aromatic rings. The number of hydrogen-bond donors (Lipinski definition) is 1. The smallest absolute Gasteiger partial charge is 0.251 e. The van der Waals surface area contributed by atoms with Gasteiger partial charge in [0.2, 0.25) is 15.9 Å². The van der Waals surface area contributed by atoms with Crippen LogP contribution in [0.25, 0.3) is 10.9 Å². The first-order valence-electron chi connectivity index (χ1n) is 9.20. The fourth-order valence-electron chi connectivity index (χ4n) is 3.40. The molecule has 0 spiro atoms. The van der Waals surface area contributed by atoms with Gasteiger partial charge in [-0.1, -0.05) is 0 Å². The molecule has 1 amide bonds. The minimum atomic E-state index is -3.55. The number of hydrogen-bond acceptors (Lipinski definition) is 6. The van der Waals surface area contributed by atoms with Crippen molar-refractivity contribution in [1.29, 1.82) is 0 Å². The summed E-state index contributed by atoms with van der Waals surface area (Å²) in [4.78, 5) is 29.1. The Morgan fingerprint density at radius 2 is 1.97 bits per heavy atom. The number of thiazole rings is 1. The molecule has 2 aromatic heterocycles. The molecule has 10 heteroatoms. The SMILES string of the molecule is Cc1csc(NC(=O)Cn2c(=O)ccc3cc(S(=O)(=O)N4CCCC4)ccc32)n1. The first-order chi connectivity index (χ1) is 13.8. The van der Waals surface area contributed by atoms with Crippen LogP contribution in [-0.2, 0) is 21.4 Å². The highest BCUT2D eigenvalue weighted by Crippen LogP contribution is 2.24. The van der Waals surface area contributed by atoms with Gasteiger partial charge in [0.15, 0.2) is 5.13 Å². The molecule has 3 heterocycles. The molecule has 0 atom stereocenters. The van der Waals surface area contributed by atoms with E-state index in [1.807, 2.05) is 12.3 Å². The third kappa shape index (κ3) is 3.96. The first kappa shape index (κ1) is 19.7. The molecule has 0 saturated carbocycles. The first-order valence-corrected chi connectivity index (χ1v) is 11.5. The quantitative estimate of drug-likeness (QED) is 0.666. The van der Waals surface area contributed by atoms with E-state index in [1.165, 1.54) is 32.3 Å². The van der Waals surface area contributed by atoms with E-state index in [1.54, 1.807) is 18.2 Å². The number of sulfonamides is 1. The summed E-state index contributed by atoms with van der Waals surface area (Å²) in [6.45, 7) is 2.69. The highest BCUT2D eigenvalue weighted by molar-refractivity contribution is 7.89. The van der Waals surface area contributed by atoms with Crippen LogP contribution < -0.4 is 10.9 Å². The number of nitrogens with one attached hydrogen (secondary N) is 1. The van der Waals surface area contributed by atoms with Crippen LogP contribution in [0.15, 0.2) is 45.4 Å². The Kier molecular flexibility index (Phi) is 5.24. The van der Waals surface area contributed by atoms with Crippen LogP contribution in [0.1, 0.15) is 18.5 Å². The average molecular weight is 433 g/mol. The molecule has 1 aromatic carbocycles. The van der Waals surface area contributed by atoms with Gasteiger partial charge in [0, 0.05) is 24.5 Å². The molecule has 1 aliphatic heterocycles. The molecular formula is C19H20N4O4S2. The molecule has 0 aliphatic carbocycles. The second kappa shape index (κ2) is 7.69. The number of rotatable bonds is 5. The molecule has 8 nitrogen and oxygen atoms in total. The molecule has 1 aliphatic rings. The van der Waals surface area contributed by atoms with Crippen molar-refractivity contribution >= 4 is 43.3 Å². The molecule has 0 radical (unpaired) electrons. The number of aryl methyl sites for hydroxylation is 1. The lowest BCUT2D eigenvalue weighted by Gasteiger charge is -2.16. The lowest BCUT2D eigenvalue weighted by atomic mass is 10.2. The Bertz CT molecular complexity index is 1240. The topological polar surface area (TPSA) is 101 Å². The van der Waals surface area contributed by atoms with Crippen LogP contribution in [0.5, 0.6) is 0 Å². The van der Waals surface area contributed by atoms with E-state index < -0.39 is 10.0 Å². The Morgan fingerprint density at radius 3 is 2.66 bits per heavy atom. The molecule has 0 bridgehead atoms. The van der Waals surface area contributed by atoms with Gasteiger partial charge in [-0.2, -0.15) is 4.31 Å². The zero-order valence-corrected chi connectivity index (χ0v) is 17.4. The number of amides is 1. The van der Waals surface area contributed by atoms with E-state index in [-0.39, 0.29) is 22.9 Å². The molecule has 1 fully saturated rings. The maximum atomic E-state index is 12.8. The van der Waals surface area contributed by atoms with Gasteiger partial charge in [-0.25, -0.2) is 13.4 Å². The number of pyridine rings is 1. The van der Waals surface area contributed by atoms with Crippen molar-refractivity contribution < 1.29 is 13.2 Å². The van der Waals surface area contributed by atoms with Crippen LogP contribution in [0, 0.1) is 6.92 Å². The second-order valence-electron chi connectivity index (χ2n) is 6.93. The van der Waals surface area contributed by atoms with Crippen LogP contribution in [0.3, 0.4) is 0 Å². The number of fused-ring (bicyclic) bond motifs is 1. The minimum Gasteiger partial charge on any atom is -0.300 e. The number of carbonyl (C=O) groups is 1. The Labute approximate surface area is 171 Å². The highest BCUT2D eigenvalue weighted by Gasteiger charge is 2.27. The molecule has 152 valence electrons. The maximum absolute atomic E-state index is 12.8. The van der Waals surface area contributed by atoms with E-state index in [2.05, 4.69) is 10.3 Å². The van der Waals surface area contributed by atoms with Crippen molar-refractivity contribution in [3.8, 4) is 0 Å². The highest BCUT2D eigenvalue weighted by atomic mass is 32.2. The normalized spacial score (nSPS) is 15.1. The minimum absolute atomic E-state index is 0.187. The average Bonchev–Trinajstić information content (AvgIpc) is 3.36. The van der Waals surface area contributed by atoms with E-state index >= 15 is 0 Å². The summed E-state index contributed by atoms with van der Waals surface area (Å²) in [5, 5.41) is 5.56. The number of aromatic nitrogens is 2. The van der Waals surface area contributed by atoms with Crippen molar-refractivity contribution in [2.45, 2.75) is 31.2 Å². The molecule has 1 N–H and O–H groups in total. The maximum Gasteiger partial charge on any atom is 0.251 e. The molecular weight excluding hydrogens is 412 g/mol. The summed E-state index contributed by atoms with van der Waals surface area (Å²) in [7, 11) is -3.55. The summed E-state index contributed by atoms with van der Waals surface area (Å²) in [6, 6.07) is 7.56. The third-order valence-electron chi connectivity index (χ3n) is 4.83. The molecule has 0 unspecified atom stereocenters. The van der Waals surface area contributed by atoms with E-state index in [9.17, 15) is 18.0 Å². The molecule has 4 rings (SSSR count). The number of nitrogens with zero attached hydrogens (tertiary/aromatic N) is 3. The van der Waals surface area contributed by atoms with Crippen LogP contribution in [0.2, 0.25) is 0 Å². The van der Waals surface area contributed by atoms with Crippen molar-refractivity contribution in [2.75, 3.05) is 18.4 Å². The van der Waals surface area contributed by atoms with Gasteiger partial charge in [-0.05, 0) is 49.4 Å². The van der Waals surface area contributed by atoms with Gasteiger partial charge in [-0.15, -0.1) is 11.3 Å². The predicted molar refractivity (Wildman–Crippen MR) is 112 cm³/mol. The van der Waals surface area contributed by atoms with E-state index in [4.69, 9.17) is 0 Å². The lowest BCUT2D eigenvalue weighted by Crippen LogP contribution is -2.28. The second-order valence-corrected chi connectivity index (χ2v) is 9.73. The van der Waals surface area contributed by atoms with Crippen LogP contribution >= 0.6 is 11.3 Å². The Hall–Kier alpha value is -2.56. The number of benzene rings is 1. The van der Waals surface area contributed by atoms with Crippen molar-refractivity contribution in [1.82, 2.24) is 13.9 Å². The number of anilines is 1. The summed E-state index contributed by atoms with van der Waals surface area (Å²) in [6.07, 6.45) is 1.72. The van der Waals surface area contributed by atoms with Crippen molar-refractivity contribution in [2.24, 2.45) is 0 Å². The summed E-state index contributed by atoms with van der Waals surface area (Å²) < 4.78 is 28.4. The van der Waals surface area contributed by atoms with Gasteiger partial charge in [-0.3, -0.25) is 14.2 Å². The van der Waals surface area contributed by atoms with Gasteiger partial charge < -0.3 is 5.32 Å². The fraction of sp³-hybridized carbons (Fsp3) is 0.316. The number of carbonyl (C=O) groups excluding carboxylic acids is 1. The van der Waals surface area contributed by atoms with Crippen molar-refractivity contribution in [3.05, 3.63) is 51.8 Å². The monoisotopic (exact) mass is 432 g/mol. The summed E-state index contributed by atoms with van der Waals surface area (Å²) in [5.41, 5.74) is 0.973. The van der Waals surface area contributed by atoms with Gasteiger partial charge >= 0.3 is 0 Å². The molecule has 1 saturated heterocycles. The predicted octanol–water partition coefficient (Wildman–Crippen LogP) is 2.19. The summed E-state index contributed by atoms with van der Waals surface area (Å²) in [5.74, 6) is -0.372. The van der Waals surface area contributed by atoms with E-state index in [0.717, 1.165) is 18.5 Å². The Balaban J connectivity index is 1.65. The van der Waals surface area contributed by atoms with Gasteiger partial charge in [0.25, 0.3) is 5.56 Å². The van der Waals surface area contributed by atoms with Crippen LogP contribution in [-0.4, -0.2) is 41.3 Å². The van der Waals surface area contributed by atoms with Gasteiger partial charge in [0.1, 0.15) is 6.54 Å². The Morgan fingerprint density at radius 1 is 1.21 bits per heavy atom. The lowest BCUT2D eigenvalue weighted by molar-refractivity contribution is -0.116. The zero-order chi connectivity index (χ0) is 20.6. The third-order valence-corrected chi connectivity index (χ3v) is 7.60. The zero-order valence-electron chi connectivity index (χ0n) is 15.8. The van der Waals surface area contributed by atoms with E-state index in [0.29, 0.717) is 29.1 Å². The van der Waals surface area contributed by atoms with Crippen molar-refractivity contribution in [3.63, 3.8) is 0 Å². The van der Waals surface area contributed by atoms with Gasteiger partial charge in [0.05, 0.1) is 16.1 Å². The fourth-order valence-corrected chi connectivity index (χ4v) is 5.65.